The summed E-state index contributed by atoms with van der Waals surface area (Å²) < 4.78 is 0. The first-order valence-corrected chi connectivity index (χ1v) is 6.96. The zero-order chi connectivity index (χ0) is 13.8. The van der Waals surface area contributed by atoms with Crippen molar-refractivity contribution < 1.29 is 4.79 Å². The highest BCUT2D eigenvalue weighted by molar-refractivity contribution is 7.18. The summed E-state index contributed by atoms with van der Waals surface area (Å²) in [6.07, 6.45) is 0.965. The van der Waals surface area contributed by atoms with E-state index in [0.29, 0.717) is 13.1 Å². The van der Waals surface area contributed by atoms with Crippen LogP contribution in [0.2, 0.25) is 0 Å². The molecule has 4 N–H and O–H groups in total. The van der Waals surface area contributed by atoms with Crippen molar-refractivity contribution >= 4 is 39.2 Å². The number of hydrogen-bond acceptors (Lipinski definition) is 6. The number of thiophene rings is 1. The number of nitrogen functional groups attached to an aromatic ring is 1. The van der Waals surface area contributed by atoms with Crippen LogP contribution >= 0.6 is 11.3 Å². The quantitative estimate of drug-likeness (QED) is 0.719. The SMILES string of the molecule is CCc1cc2c(NCCNC(C)=O)nc(N)nc2s1. The molecule has 2 rings (SSSR count). The fraction of sp³-hybridized carbons (Fsp3) is 0.417. The van der Waals surface area contributed by atoms with Gasteiger partial charge in [-0.15, -0.1) is 11.3 Å². The van der Waals surface area contributed by atoms with Crippen molar-refractivity contribution in [1.82, 2.24) is 15.3 Å². The average molecular weight is 279 g/mol. The number of carbonyl (C=O) groups excluding carboxylic acids is 1. The van der Waals surface area contributed by atoms with Gasteiger partial charge >= 0.3 is 0 Å². The fourth-order valence-corrected chi connectivity index (χ4v) is 2.69. The number of carbonyl (C=O) groups is 1. The van der Waals surface area contributed by atoms with Crippen molar-refractivity contribution in [2.75, 3.05) is 24.1 Å². The minimum atomic E-state index is -0.0436. The molecule has 2 aromatic rings. The van der Waals surface area contributed by atoms with Crippen molar-refractivity contribution in [2.45, 2.75) is 20.3 Å². The van der Waals surface area contributed by atoms with Crippen LogP contribution in [0.4, 0.5) is 11.8 Å². The molecule has 0 atom stereocenters. The van der Waals surface area contributed by atoms with E-state index in [0.717, 1.165) is 22.5 Å². The number of fused-ring (bicyclic) bond motifs is 1. The predicted octanol–water partition coefficient (Wildman–Crippen LogP) is 1.38. The van der Waals surface area contributed by atoms with Crippen molar-refractivity contribution in [2.24, 2.45) is 0 Å². The second kappa shape index (κ2) is 5.83. The van der Waals surface area contributed by atoms with Gasteiger partial charge in [0.2, 0.25) is 11.9 Å². The first-order valence-electron chi connectivity index (χ1n) is 6.14. The molecule has 2 heterocycles. The van der Waals surface area contributed by atoms with Crippen molar-refractivity contribution in [3.8, 4) is 0 Å². The van der Waals surface area contributed by atoms with Gasteiger partial charge in [-0.3, -0.25) is 4.79 Å². The van der Waals surface area contributed by atoms with Gasteiger partial charge < -0.3 is 16.4 Å². The number of hydrogen-bond donors (Lipinski definition) is 3. The maximum absolute atomic E-state index is 10.8. The lowest BCUT2D eigenvalue weighted by Crippen LogP contribution is -2.26. The van der Waals surface area contributed by atoms with Crippen LogP contribution in [0.1, 0.15) is 18.7 Å². The van der Waals surface area contributed by atoms with Gasteiger partial charge in [0.05, 0.1) is 5.39 Å². The normalized spacial score (nSPS) is 10.6. The van der Waals surface area contributed by atoms with E-state index in [9.17, 15) is 4.79 Å². The number of aryl methyl sites for hydroxylation is 1. The Labute approximate surface area is 115 Å². The Kier molecular flexibility index (Phi) is 4.16. The topological polar surface area (TPSA) is 92.9 Å². The third kappa shape index (κ3) is 3.31. The first-order chi connectivity index (χ1) is 9.10. The molecular formula is C12H17N5OS. The summed E-state index contributed by atoms with van der Waals surface area (Å²) in [5.74, 6) is 0.945. The van der Waals surface area contributed by atoms with Gasteiger partial charge in [-0.05, 0) is 12.5 Å². The molecular weight excluding hydrogens is 262 g/mol. The molecule has 7 heteroatoms. The average Bonchev–Trinajstić information content (AvgIpc) is 2.77. The summed E-state index contributed by atoms with van der Waals surface area (Å²) in [4.78, 5) is 21.4. The minimum absolute atomic E-state index is 0.0436. The molecule has 0 aliphatic heterocycles. The second-order valence-electron chi connectivity index (χ2n) is 4.13. The molecule has 0 saturated heterocycles. The molecule has 0 aliphatic carbocycles. The monoisotopic (exact) mass is 279 g/mol. The van der Waals surface area contributed by atoms with Crippen LogP contribution < -0.4 is 16.4 Å². The highest BCUT2D eigenvalue weighted by Crippen LogP contribution is 2.29. The summed E-state index contributed by atoms with van der Waals surface area (Å²) in [6.45, 7) is 4.74. The summed E-state index contributed by atoms with van der Waals surface area (Å²) in [5.41, 5.74) is 5.70. The Bertz CT molecular complexity index is 595. The molecule has 0 aliphatic rings. The number of rotatable bonds is 5. The van der Waals surface area contributed by atoms with Crippen molar-refractivity contribution in [3.63, 3.8) is 0 Å². The smallest absolute Gasteiger partial charge is 0.223 e. The van der Waals surface area contributed by atoms with E-state index >= 15 is 0 Å². The van der Waals surface area contributed by atoms with Crippen LogP contribution in [0.25, 0.3) is 10.2 Å². The van der Waals surface area contributed by atoms with Crippen LogP contribution in [-0.2, 0) is 11.2 Å². The molecule has 0 radical (unpaired) electrons. The van der Waals surface area contributed by atoms with E-state index in [1.54, 1.807) is 11.3 Å². The molecule has 19 heavy (non-hydrogen) atoms. The molecule has 0 fully saturated rings. The number of anilines is 2. The van der Waals surface area contributed by atoms with Gasteiger partial charge in [0.15, 0.2) is 0 Å². The molecule has 0 bridgehead atoms. The van der Waals surface area contributed by atoms with Crippen LogP contribution in [-0.4, -0.2) is 29.0 Å². The molecule has 6 nitrogen and oxygen atoms in total. The lowest BCUT2D eigenvalue weighted by molar-refractivity contribution is -0.118. The molecule has 0 spiro atoms. The van der Waals surface area contributed by atoms with Crippen LogP contribution in [0.5, 0.6) is 0 Å². The van der Waals surface area contributed by atoms with Crippen LogP contribution in [0.15, 0.2) is 6.07 Å². The van der Waals surface area contributed by atoms with E-state index in [1.807, 2.05) is 0 Å². The van der Waals surface area contributed by atoms with Gasteiger partial charge in [-0.2, -0.15) is 4.98 Å². The Morgan fingerprint density at radius 1 is 1.42 bits per heavy atom. The maximum atomic E-state index is 10.8. The summed E-state index contributed by atoms with van der Waals surface area (Å²) in [5, 5.41) is 6.89. The second-order valence-corrected chi connectivity index (χ2v) is 5.24. The maximum Gasteiger partial charge on any atom is 0.223 e. The Morgan fingerprint density at radius 3 is 2.89 bits per heavy atom. The standard InChI is InChI=1S/C12H17N5OS/c1-3-8-6-9-10(15-5-4-14-7(2)18)16-12(13)17-11(9)19-8/h6H,3-5H2,1-2H3,(H,14,18)(H3,13,15,16,17). The summed E-state index contributed by atoms with van der Waals surface area (Å²) in [7, 11) is 0. The van der Waals surface area contributed by atoms with Crippen molar-refractivity contribution in [3.05, 3.63) is 10.9 Å². The number of nitrogens with zero attached hydrogens (tertiary/aromatic N) is 2. The number of nitrogens with two attached hydrogens (primary N) is 1. The third-order valence-corrected chi connectivity index (χ3v) is 3.77. The first kappa shape index (κ1) is 13.5. The lowest BCUT2D eigenvalue weighted by atomic mass is 10.3. The van der Waals surface area contributed by atoms with E-state index < -0.39 is 0 Å². The van der Waals surface area contributed by atoms with Gasteiger partial charge in [0.25, 0.3) is 0 Å². The van der Waals surface area contributed by atoms with Gasteiger partial charge in [-0.25, -0.2) is 4.98 Å². The summed E-state index contributed by atoms with van der Waals surface area (Å²) >= 11 is 1.63. The summed E-state index contributed by atoms with van der Waals surface area (Å²) in [6, 6.07) is 2.08. The van der Waals surface area contributed by atoms with Crippen LogP contribution in [0, 0.1) is 0 Å². The molecule has 0 unspecified atom stereocenters. The Morgan fingerprint density at radius 2 is 2.21 bits per heavy atom. The highest BCUT2D eigenvalue weighted by Gasteiger charge is 2.09. The fourth-order valence-electron chi connectivity index (χ4n) is 1.72. The zero-order valence-corrected chi connectivity index (χ0v) is 11.8. The zero-order valence-electron chi connectivity index (χ0n) is 11.0. The van der Waals surface area contributed by atoms with E-state index in [2.05, 4.69) is 33.6 Å². The van der Waals surface area contributed by atoms with E-state index in [4.69, 9.17) is 5.73 Å². The Balaban J connectivity index is 2.16. The highest BCUT2D eigenvalue weighted by atomic mass is 32.1. The van der Waals surface area contributed by atoms with E-state index in [1.165, 1.54) is 11.8 Å². The molecule has 0 saturated carbocycles. The van der Waals surface area contributed by atoms with E-state index in [-0.39, 0.29) is 11.9 Å². The lowest BCUT2D eigenvalue weighted by Gasteiger charge is -2.07. The molecule has 102 valence electrons. The number of amides is 1. The van der Waals surface area contributed by atoms with Gasteiger partial charge in [-0.1, -0.05) is 6.92 Å². The molecule has 0 aromatic carbocycles. The Hall–Kier alpha value is -1.89. The van der Waals surface area contributed by atoms with Gasteiger partial charge in [0.1, 0.15) is 10.6 Å². The molecule has 1 amide bonds. The van der Waals surface area contributed by atoms with Crippen molar-refractivity contribution in [1.29, 1.82) is 0 Å². The van der Waals surface area contributed by atoms with Crippen LogP contribution in [0.3, 0.4) is 0 Å². The number of nitrogens with one attached hydrogen (secondary N) is 2. The largest absolute Gasteiger partial charge is 0.368 e. The van der Waals surface area contributed by atoms with Gasteiger partial charge in [0, 0.05) is 24.9 Å². The number of aromatic nitrogens is 2. The predicted molar refractivity (Wildman–Crippen MR) is 78.4 cm³/mol. The minimum Gasteiger partial charge on any atom is -0.368 e. The third-order valence-electron chi connectivity index (χ3n) is 2.60. The molecule has 2 aromatic heterocycles.